The summed E-state index contributed by atoms with van der Waals surface area (Å²) in [6.45, 7) is 1.17. The van der Waals surface area contributed by atoms with E-state index in [2.05, 4.69) is 43.9 Å². The van der Waals surface area contributed by atoms with E-state index < -0.39 is 0 Å². The van der Waals surface area contributed by atoms with Gasteiger partial charge in [-0.2, -0.15) is 0 Å². The Balaban J connectivity index is 2.04. The first-order valence-electron chi connectivity index (χ1n) is 5.59. The molecule has 1 atom stereocenters. The quantitative estimate of drug-likeness (QED) is 0.870. The number of likely N-dealkylation sites (tertiary alicyclic amines) is 1. The second kappa shape index (κ2) is 3.86. The van der Waals surface area contributed by atoms with Crippen LogP contribution in [-0.4, -0.2) is 28.5 Å². The number of aromatic amines is 1. The van der Waals surface area contributed by atoms with Crippen LogP contribution in [0.25, 0.3) is 11.0 Å². The summed E-state index contributed by atoms with van der Waals surface area (Å²) < 4.78 is 1.09. The number of fused-ring (bicyclic) bond motifs is 1. The molecule has 0 saturated carbocycles. The van der Waals surface area contributed by atoms with Crippen molar-refractivity contribution in [2.24, 2.45) is 0 Å². The van der Waals surface area contributed by atoms with Gasteiger partial charge in [0, 0.05) is 4.47 Å². The van der Waals surface area contributed by atoms with Crippen LogP contribution in [0, 0.1) is 0 Å². The minimum atomic E-state index is 0.464. The maximum Gasteiger partial charge on any atom is 0.124 e. The van der Waals surface area contributed by atoms with Gasteiger partial charge in [0.25, 0.3) is 0 Å². The molecule has 0 bridgehead atoms. The van der Waals surface area contributed by atoms with Crippen LogP contribution in [0.2, 0.25) is 0 Å². The fraction of sp³-hybridized carbons (Fsp3) is 0.417. The summed E-state index contributed by atoms with van der Waals surface area (Å²) in [5.74, 6) is 1.10. The van der Waals surface area contributed by atoms with E-state index in [0.717, 1.165) is 21.3 Å². The van der Waals surface area contributed by atoms with Crippen LogP contribution >= 0.6 is 15.9 Å². The standard InChI is InChI=1S/C12H14BrN3/c1-16-6-2-3-11(16)12-14-9-5-4-8(13)7-10(9)15-12/h4-5,7,11H,2-3,6H2,1H3,(H,14,15). The van der Waals surface area contributed by atoms with Gasteiger partial charge in [0.05, 0.1) is 17.1 Å². The lowest BCUT2D eigenvalue weighted by Crippen LogP contribution is -2.18. The van der Waals surface area contributed by atoms with E-state index in [4.69, 9.17) is 0 Å². The van der Waals surface area contributed by atoms with Crippen molar-refractivity contribution in [1.82, 2.24) is 14.9 Å². The van der Waals surface area contributed by atoms with Gasteiger partial charge < -0.3 is 4.98 Å². The number of aromatic nitrogens is 2. The normalized spacial score (nSPS) is 22.0. The molecule has 2 aromatic rings. The van der Waals surface area contributed by atoms with Crippen molar-refractivity contribution in [3.05, 3.63) is 28.5 Å². The molecule has 1 aliphatic rings. The lowest BCUT2D eigenvalue weighted by molar-refractivity contribution is 0.307. The largest absolute Gasteiger partial charge is 0.341 e. The van der Waals surface area contributed by atoms with Crippen molar-refractivity contribution in [3.63, 3.8) is 0 Å². The lowest BCUT2D eigenvalue weighted by atomic mass is 10.2. The van der Waals surface area contributed by atoms with E-state index in [1.165, 1.54) is 19.4 Å². The number of imidazole rings is 1. The van der Waals surface area contributed by atoms with Crippen LogP contribution in [0.15, 0.2) is 22.7 Å². The van der Waals surface area contributed by atoms with Crippen LogP contribution in [0.1, 0.15) is 24.7 Å². The van der Waals surface area contributed by atoms with Crippen LogP contribution in [0.4, 0.5) is 0 Å². The first-order chi connectivity index (χ1) is 7.74. The Morgan fingerprint density at radius 3 is 3.12 bits per heavy atom. The summed E-state index contributed by atoms with van der Waals surface area (Å²) in [5, 5.41) is 0. The Morgan fingerprint density at radius 2 is 2.38 bits per heavy atom. The molecule has 1 N–H and O–H groups in total. The molecule has 3 rings (SSSR count). The monoisotopic (exact) mass is 279 g/mol. The highest BCUT2D eigenvalue weighted by Gasteiger charge is 2.25. The first-order valence-corrected chi connectivity index (χ1v) is 6.39. The molecule has 0 amide bonds. The Labute approximate surface area is 103 Å². The molecule has 3 nitrogen and oxygen atoms in total. The molecular weight excluding hydrogens is 266 g/mol. The van der Waals surface area contributed by atoms with E-state index >= 15 is 0 Å². The molecule has 1 aliphatic heterocycles. The average Bonchev–Trinajstić information content (AvgIpc) is 2.82. The molecule has 0 radical (unpaired) electrons. The molecule has 1 aromatic heterocycles. The zero-order valence-electron chi connectivity index (χ0n) is 9.20. The number of hydrogen-bond acceptors (Lipinski definition) is 2. The zero-order chi connectivity index (χ0) is 11.1. The van der Waals surface area contributed by atoms with Crippen molar-refractivity contribution < 1.29 is 0 Å². The molecule has 1 fully saturated rings. The maximum atomic E-state index is 4.67. The molecular formula is C12H14BrN3. The van der Waals surface area contributed by atoms with Crippen molar-refractivity contribution >= 4 is 27.0 Å². The van der Waals surface area contributed by atoms with Gasteiger partial charge in [-0.25, -0.2) is 4.98 Å². The summed E-state index contributed by atoms with van der Waals surface area (Å²) in [6.07, 6.45) is 2.47. The molecule has 84 valence electrons. The van der Waals surface area contributed by atoms with Crippen LogP contribution in [-0.2, 0) is 0 Å². The third-order valence-corrected chi connectivity index (χ3v) is 3.79. The van der Waals surface area contributed by atoms with Crippen molar-refractivity contribution in [2.75, 3.05) is 13.6 Å². The van der Waals surface area contributed by atoms with Crippen molar-refractivity contribution in [3.8, 4) is 0 Å². The minimum absolute atomic E-state index is 0.464. The van der Waals surface area contributed by atoms with Crippen molar-refractivity contribution in [2.45, 2.75) is 18.9 Å². The van der Waals surface area contributed by atoms with Gasteiger partial charge >= 0.3 is 0 Å². The van der Waals surface area contributed by atoms with Gasteiger partial charge in [0.15, 0.2) is 0 Å². The molecule has 1 saturated heterocycles. The van der Waals surface area contributed by atoms with Crippen molar-refractivity contribution in [1.29, 1.82) is 0 Å². The minimum Gasteiger partial charge on any atom is -0.341 e. The molecule has 1 aromatic carbocycles. The Hall–Kier alpha value is -0.870. The fourth-order valence-corrected chi connectivity index (χ4v) is 2.78. The molecule has 4 heteroatoms. The highest BCUT2D eigenvalue weighted by Crippen LogP contribution is 2.30. The van der Waals surface area contributed by atoms with Crippen LogP contribution < -0.4 is 0 Å². The smallest absolute Gasteiger partial charge is 0.124 e. The third-order valence-electron chi connectivity index (χ3n) is 3.30. The molecule has 0 spiro atoms. The Bertz CT molecular complexity index is 520. The molecule has 0 aliphatic carbocycles. The van der Waals surface area contributed by atoms with Gasteiger partial charge in [-0.15, -0.1) is 0 Å². The number of benzene rings is 1. The predicted molar refractivity (Wildman–Crippen MR) is 68.4 cm³/mol. The van der Waals surface area contributed by atoms with Gasteiger partial charge in [-0.1, -0.05) is 15.9 Å². The van der Waals surface area contributed by atoms with E-state index in [1.807, 2.05) is 12.1 Å². The van der Waals surface area contributed by atoms with Gasteiger partial charge in [-0.05, 0) is 44.6 Å². The van der Waals surface area contributed by atoms with E-state index in [0.29, 0.717) is 6.04 Å². The highest BCUT2D eigenvalue weighted by molar-refractivity contribution is 9.10. The SMILES string of the molecule is CN1CCCC1c1nc2ccc(Br)cc2[nH]1. The number of halogens is 1. The molecule has 1 unspecified atom stereocenters. The number of nitrogens with one attached hydrogen (secondary N) is 1. The van der Waals surface area contributed by atoms with Crippen LogP contribution in [0.3, 0.4) is 0 Å². The Kier molecular flexibility index (Phi) is 2.48. The molecule has 16 heavy (non-hydrogen) atoms. The van der Waals surface area contributed by atoms with E-state index in [9.17, 15) is 0 Å². The number of H-pyrrole nitrogens is 1. The van der Waals surface area contributed by atoms with E-state index in [-0.39, 0.29) is 0 Å². The number of hydrogen-bond donors (Lipinski definition) is 1. The number of rotatable bonds is 1. The summed E-state index contributed by atoms with van der Waals surface area (Å²) in [5.41, 5.74) is 2.17. The summed E-state index contributed by atoms with van der Waals surface area (Å²) in [4.78, 5) is 10.5. The van der Waals surface area contributed by atoms with Gasteiger partial charge in [0.1, 0.15) is 5.82 Å². The maximum absolute atomic E-state index is 4.67. The lowest BCUT2D eigenvalue weighted by Gasteiger charge is -2.16. The second-order valence-electron chi connectivity index (χ2n) is 4.42. The first kappa shape index (κ1) is 10.3. The summed E-state index contributed by atoms with van der Waals surface area (Å²) in [7, 11) is 2.17. The zero-order valence-corrected chi connectivity index (χ0v) is 10.8. The van der Waals surface area contributed by atoms with Crippen LogP contribution in [0.5, 0.6) is 0 Å². The fourth-order valence-electron chi connectivity index (χ4n) is 2.42. The van der Waals surface area contributed by atoms with Gasteiger partial charge in [0.2, 0.25) is 0 Å². The second-order valence-corrected chi connectivity index (χ2v) is 5.34. The van der Waals surface area contributed by atoms with E-state index in [1.54, 1.807) is 0 Å². The third kappa shape index (κ3) is 1.66. The van der Waals surface area contributed by atoms with Gasteiger partial charge in [-0.3, -0.25) is 4.90 Å². The number of nitrogens with zero attached hydrogens (tertiary/aromatic N) is 2. The summed E-state index contributed by atoms with van der Waals surface area (Å²) >= 11 is 3.48. The summed E-state index contributed by atoms with van der Waals surface area (Å²) in [6, 6.07) is 6.63. The predicted octanol–water partition coefficient (Wildman–Crippen LogP) is 3.09. The topological polar surface area (TPSA) is 31.9 Å². The Morgan fingerprint density at radius 1 is 1.50 bits per heavy atom. The average molecular weight is 280 g/mol. The molecule has 2 heterocycles. The highest BCUT2D eigenvalue weighted by atomic mass is 79.9.